The van der Waals surface area contributed by atoms with Crippen molar-refractivity contribution in [3.63, 3.8) is 0 Å². The van der Waals surface area contributed by atoms with Crippen LogP contribution in [0.25, 0.3) is 11.5 Å². The second-order valence-corrected chi connectivity index (χ2v) is 8.26. The van der Waals surface area contributed by atoms with E-state index < -0.39 is 0 Å². The summed E-state index contributed by atoms with van der Waals surface area (Å²) in [6.07, 6.45) is 1.23. The van der Waals surface area contributed by atoms with Crippen molar-refractivity contribution in [3.05, 3.63) is 53.0 Å². The fourth-order valence-electron chi connectivity index (χ4n) is 4.34. The molecule has 1 atom stereocenters. The molecule has 3 aromatic heterocycles. The van der Waals surface area contributed by atoms with Gasteiger partial charge in [0, 0.05) is 17.9 Å². The third kappa shape index (κ3) is 3.74. The van der Waals surface area contributed by atoms with Crippen molar-refractivity contribution < 1.29 is 14.3 Å². The molecule has 1 aliphatic heterocycles. The lowest BCUT2D eigenvalue weighted by molar-refractivity contribution is -0.116. The predicted molar refractivity (Wildman–Crippen MR) is 126 cm³/mol. The fraction of sp³-hybridized carbons (Fsp3) is 0.375. The minimum Gasteiger partial charge on any atom is -0.490 e. The van der Waals surface area contributed by atoms with Crippen LogP contribution in [0.5, 0.6) is 11.5 Å². The van der Waals surface area contributed by atoms with Gasteiger partial charge in [0.25, 0.3) is 0 Å². The number of ether oxygens (including phenoxy) is 2. The van der Waals surface area contributed by atoms with E-state index in [0.717, 1.165) is 23.2 Å². The van der Waals surface area contributed by atoms with Gasteiger partial charge in [-0.05, 0) is 57.0 Å². The van der Waals surface area contributed by atoms with Crippen LogP contribution >= 0.6 is 0 Å². The number of nitrogens with one attached hydrogen (secondary N) is 1. The molecular weight excluding hydrogens is 434 g/mol. The average molecular weight is 462 g/mol. The zero-order valence-corrected chi connectivity index (χ0v) is 19.7. The van der Waals surface area contributed by atoms with E-state index in [1.54, 1.807) is 9.20 Å². The van der Waals surface area contributed by atoms with E-state index in [0.29, 0.717) is 54.2 Å². The van der Waals surface area contributed by atoms with Crippen LogP contribution < -0.4 is 14.8 Å². The molecule has 1 amide bonds. The molecule has 10 heteroatoms. The summed E-state index contributed by atoms with van der Waals surface area (Å²) >= 11 is 0. The number of anilines is 1. The van der Waals surface area contributed by atoms with E-state index in [1.807, 2.05) is 51.1 Å². The van der Waals surface area contributed by atoms with Crippen molar-refractivity contribution >= 4 is 17.4 Å². The van der Waals surface area contributed by atoms with Gasteiger partial charge < -0.3 is 14.8 Å². The third-order valence-electron chi connectivity index (χ3n) is 5.86. The van der Waals surface area contributed by atoms with Crippen molar-refractivity contribution in [2.24, 2.45) is 0 Å². The van der Waals surface area contributed by atoms with Crippen LogP contribution in [0.4, 0.5) is 5.82 Å². The van der Waals surface area contributed by atoms with E-state index in [1.165, 1.54) is 0 Å². The van der Waals surface area contributed by atoms with Crippen molar-refractivity contribution in [1.29, 1.82) is 0 Å². The second-order valence-electron chi connectivity index (χ2n) is 8.26. The van der Waals surface area contributed by atoms with Crippen LogP contribution in [0.3, 0.4) is 0 Å². The smallest absolute Gasteiger partial charge is 0.226 e. The molecule has 0 aliphatic carbocycles. The van der Waals surface area contributed by atoms with Crippen LogP contribution in [0.2, 0.25) is 0 Å². The van der Waals surface area contributed by atoms with Crippen LogP contribution in [-0.2, 0) is 4.79 Å². The highest BCUT2D eigenvalue weighted by Gasteiger charge is 2.33. The van der Waals surface area contributed by atoms with Gasteiger partial charge >= 0.3 is 0 Å². The molecule has 0 saturated heterocycles. The lowest BCUT2D eigenvalue weighted by atomic mass is 9.85. The highest BCUT2D eigenvalue weighted by Crippen LogP contribution is 2.42. The number of carbonyl (C=O) groups is 1. The van der Waals surface area contributed by atoms with Gasteiger partial charge in [0.05, 0.1) is 18.9 Å². The molecule has 1 aromatic carbocycles. The maximum atomic E-state index is 12.8. The largest absolute Gasteiger partial charge is 0.490 e. The molecule has 176 valence electrons. The lowest BCUT2D eigenvalue weighted by Gasteiger charge is -2.25. The fourth-order valence-corrected chi connectivity index (χ4v) is 4.34. The van der Waals surface area contributed by atoms with Gasteiger partial charge in [0.2, 0.25) is 5.91 Å². The van der Waals surface area contributed by atoms with Crippen LogP contribution in [0, 0.1) is 13.8 Å². The summed E-state index contributed by atoms with van der Waals surface area (Å²) in [4.78, 5) is 12.8. The van der Waals surface area contributed by atoms with E-state index in [9.17, 15) is 4.79 Å². The molecule has 0 unspecified atom stereocenters. The number of hydrogen-bond acceptors (Lipinski definition) is 7. The SMILES string of the molecule is CCCOc1ccc([C@@H]2CC(=O)Nc3c2c(C)nn3-c2ccc3nnc(C)n3n2)cc1OCC. The summed E-state index contributed by atoms with van der Waals surface area (Å²) in [6.45, 7) is 8.93. The Labute approximate surface area is 196 Å². The van der Waals surface area contributed by atoms with Crippen molar-refractivity contribution in [2.45, 2.75) is 46.5 Å². The molecule has 0 saturated carbocycles. The summed E-state index contributed by atoms with van der Waals surface area (Å²) in [7, 11) is 0. The molecule has 0 radical (unpaired) electrons. The summed E-state index contributed by atoms with van der Waals surface area (Å²) < 4.78 is 15.0. The Balaban J connectivity index is 1.59. The van der Waals surface area contributed by atoms with Crippen molar-refractivity contribution in [2.75, 3.05) is 18.5 Å². The predicted octanol–water partition coefficient (Wildman–Crippen LogP) is 3.59. The average Bonchev–Trinajstić information content (AvgIpc) is 3.37. The number of carbonyl (C=O) groups excluding carboxylic acids is 1. The molecular formula is C24H27N7O3. The monoisotopic (exact) mass is 461 g/mol. The number of aromatic nitrogens is 6. The highest BCUT2D eigenvalue weighted by molar-refractivity contribution is 5.95. The number of hydrogen-bond donors (Lipinski definition) is 1. The summed E-state index contributed by atoms with van der Waals surface area (Å²) in [5, 5.41) is 20.5. The molecule has 10 nitrogen and oxygen atoms in total. The molecule has 0 spiro atoms. The van der Waals surface area contributed by atoms with Gasteiger partial charge in [-0.15, -0.1) is 15.3 Å². The van der Waals surface area contributed by atoms with E-state index >= 15 is 0 Å². The summed E-state index contributed by atoms with van der Waals surface area (Å²) in [5.74, 6) is 3.01. The van der Waals surface area contributed by atoms with Gasteiger partial charge in [-0.1, -0.05) is 13.0 Å². The van der Waals surface area contributed by atoms with Gasteiger partial charge in [0.1, 0.15) is 5.82 Å². The number of benzene rings is 1. The van der Waals surface area contributed by atoms with Gasteiger partial charge in [-0.2, -0.15) is 14.3 Å². The molecule has 1 N–H and O–H groups in total. The lowest BCUT2D eigenvalue weighted by Crippen LogP contribution is -2.25. The summed E-state index contributed by atoms with van der Waals surface area (Å²) in [6, 6.07) is 9.55. The Kier molecular flexibility index (Phi) is 5.64. The van der Waals surface area contributed by atoms with Crippen molar-refractivity contribution in [3.8, 4) is 17.3 Å². The van der Waals surface area contributed by atoms with E-state index in [2.05, 4.69) is 27.5 Å². The quantitative estimate of drug-likeness (QED) is 0.448. The maximum absolute atomic E-state index is 12.8. The number of nitrogens with zero attached hydrogens (tertiary/aromatic N) is 6. The maximum Gasteiger partial charge on any atom is 0.226 e. The second kappa shape index (κ2) is 8.77. The van der Waals surface area contributed by atoms with E-state index in [-0.39, 0.29) is 11.8 Å². The first-order valence-electron chi connectivity index (χ1n) is 11.5. The van der Waals surface area contributed by atoms with E-state index in [4.69, 9.17) is 14.6 Å². The van der Waals surface area contributed by atoms with Gasteiger partial charge in [0.15, 0.2) is 28.8 Å². The number of rotatable bonds is 7. The van der Waals surface area contributed by atoms with Gasteiger partial charge in [-0.3, -0.25) is 4.79 Å². The number of fused-ring (bicyclic) bond motifs is 2. The Morgan fingerprint density at radius 3 is 2.71 bits per heavy atom. The molecule has 0 fully saturated rings. The number of amides is 1. The van der Waals surface area contributed by atoms with Crippen molar-refractivity contribution in [1.82, 2.24) is 29.6 Å². The first-order valence-corrected chi connectivity index (χ1v) is 11.5. The Bertz CT molecular complexity index is 1370. The molecule has 1 aliphatic rings. The topological polar surface area (TPSA) is 108 Å². The normalized spacial score (nSPS) is 15.3. The van der Waals surface area contributed by atoms with Crippen LogP contribution in [0.15, 0.2) is 30.3 Å². The molecule has 4 aromatic rings. The highest BCUT2D eigenvalue weighted by atomic mass is 16.5. The molecule has 5 rings (SSSR count). The van der Waals surface area contributed by atoms with Crippen LogP contribution in [0.1, 0.15) is 55.3 Å². The molecule has 4 heterocycles. The Hall–Kier alpha value is -3.95. The first-order chi connectivity index (χ1) is 16.5. The number of aryl methyl sites for hydroxylation is 2. The zero-order valence-electron chi connectivity index (χ0n) is 19.7. The van der Waals surface area contributed by atoms with Crippen LogP contribution in [-0.4, -0.2) is 48.7 Å². The standard InChI is InChI=1S/C24H27N7O3/c1-5-11-34-18-8-7-16(12-19(18)33-6-2)17-13-22(32)25-24-23(17)14(3)28-31(24)21-10-9-20-27-26-15(4)30(20)29-21/h7-10,12,17H,5-6,11,13H2,1-4H3,(H,25,32)/t17-/m0/s1. The van der Waals surface area contributed by atoms with Gasteiger partial charge in [-0.25, -0.2) is 0 Å². The Morgan fingerprint density at radius 2 is 1.91 bits per heavy atom. The minimum absolute atomic E-state index is 0.0792. The summed E-state index contributed by atoms with van der Waals surface area (Å²) in [5.41, 5.74) is 3.41. The first kappa shape index (κ1) is 21.9. The zero-order chi connectivity index (χ0) is 23.8. The molecule has 34 heavy (non-hydrogen) atoms. The molecule has 0 bridgehead atoms. The third-order valence-corrected chi connectivity index (χ3v) is 5.86. The minimum atomic E-state index is -0.169. The Morgan fingerprint density at radius 1 is 1.06 bits per heavy atom.